The highest BCUT2D eigenvalue weighted by Crippen LogP contribution is 2.31. The molecular weight excluding hydrogens is 417 g/mol. The van der Waals surface area contributed by atoms with Crippen LogP contribution in [0.4, 0.5) is 4.39 Å². The summed E-state index contributed by atoms with van der Waals surface area (Å²) in [7, 11) is 0. The average molecular weight is 440 g/mol. The normalized spacial score (nSPS) is 11.9. The molecule has 0 bridgehead atoms. The van der Waals surface area contributed by atoms with Gasteiger partial charge in [0, 0.05) is 26.2 Å². The Morgan fingerprint density at radius 2 is 1.61 bits per heavy atom. The van der Waals surface area contributed by atoms with E-state index in [1.807, 2.05) is 12.1 Å². The zero-order chi connectivity index (χ0) is 22.0. The van der Waals surface area contributed by atoms with Crippen molar-refractivity contribution in [3.8, 4) is 11.5 Å². The minimum atomic E-state index is -1.03. The third-order valence-corrected chi connectivity index (χ3v) is 6.40. The molecule has 4 rings (SSSR count). The minimum Gasteiger partial charge on any atom is -0.457 e. The highest BCUT2D eigenvalue weighted by molar-refractivity contribution is 7.24. The summed E-state index contributed by atoms with van der Waals surface area (Å²) in [6.07, 6.45) is 0.981. The second-order valence-corrected chi connectivity index (χ2v) is 8.74. The van der Waals surface area contributed by atoms with E-state index in [0.717, 1.165) is 15.0 Å². The van der Waals surface area contributed by atoms with Crippen molar-refractivity contribution in [2.24, 2.45) is 5.73 Å². The van der Waals surface area contributed by atoms with Crippen LogP contribution in [0.5, 0.6) is 11.5 Å². The molecule has 0 aliphatic heterocycles. The Hall–Kier alpha value is -2.84. The Morgan fingerprint density at radius 3 is 2.32 bits per heavy atom. The van der Waals surface area contributed by atoms with E-state index in [1.54, 1.807) is 36.4 Å². The zero-order valence-electron chi connectivity index (χ0n) is 16.7. The minimum absolute atomic E-state index is 0.0634. The number of benzene rings is 3. The van der Waals surface area contributed by atoms with E-state index >= 15 is 0 Å². The third-order valence-electron chi connectivity index (χ3n) is 5.28. The summed E-state index contributed by atoms with van der Waals surface area (Å²) in [5, 5.41) is 20.0. The van der Waals surface area contributed by atoms with E-state index in [1.165, 1.54) is 23.5 Å². The van der Waals surface area contributed by atoms with Crippen molar-refractivity contribution >= 4 is 31.5 Å². The number of nitrogens with two attached hydrogens (primary N) is 1. The van der Waals surface area contributed by atoms with Crippen LogP contribution < -0.4 is 15.9 Å². The van der Waals surface area contributed by atoms with Crippen molar-refractivity contribution in [3.05, 3.63) is 82.3 Å². The van der Waals surface area contributed by atoms with Gasteiger partial charge in [-0.05, 0) is 60.9 Å². The number of hydrogen-bond acceptors (Lipinski definition) is 6. The lowest BCUT2D eigenvalue weighted by Crippen LogP contribution is -2.47. The fraction of sp³-hybridized carbons (Fsp3) is 0.208. The molecule has 1 aromatic heterocycles. The summed E-state index contributed by atoms with van der Waals surface area (Å²) in [4.78, 5) is 13.0. The van der Waals surface area contributed by atoms with E-state index in [0.29, 0.717) is 35.1 Å². The number of hydrogen-bond donors (Lipinski definition) is 3. The smallest absolute Gasteiger partial charge is 0.195 e. The SMILES string of the molecule is NC(CO)(CO)CCc1ccc2c(=O)c3ccc(Oc4cccc(F)c4)cc3sc2c1. The fourth-order valence-corrected chi connectivity index (χ4v) is 4.53. The molecule has 0 spiro atoms. The first-order valence-corrected chi connectivity index (χ1v) is 10.7. The molecule has 0 saturated heterocycles. The molecule has 0 unspecified atom stereocenters. The molecule has 0 aliphatic carbocycles. The molecule has 0 aliphatic rings. The van der Waals surface area contributed by atoms with Crippen LogP contribution in [0.25, 0.3) is 20.2 Å². The van der Waals surface area contributed by atoms with Gasteiger partial charge < -0.3 is 20.7 Å². The van der Waals surface area contributed by atoms with E-state index < -0.39 is 5.54 Å². The first kappa shape index (κ1) is 21.4. The van der Waals surface area contributed by atoms with Crippen molar-refractivity contribution in [1.82, 2.24) is 0 Å². The highest BCUT2D eigenvalue weighted by Gasteiger charge is 2.22. The molecule has 0 amide bonds. The van der Waals surface area contributed by atoms with Gasteiger partial charge in [0.1, 0.15) is 17.3 Å². The van der Waals surface area contributed by atoms with E-state index in [-0.39, 0.29) is 24.5 Å². The first-order chi connectivity index (χ1) is 14.9. The van der Waals surface area contributed by atoms with Gasteiger partial charge in [-0.15, -0.1) is 11.3 Å². The van der Waals surface area contributed by atoms with Crippen LogP contribution in [0.2, 0.25) is 0 Å². The fourth-order valence-electron chi connectivity index (χ4n) is 3.36. The summed E-state index contributed by atoms with van der Waals surface area (Å²) in [5.74, 6) is 0.515. The largest absolute Gasteiger partial charge is 0.457 e. The van der Waals surface area contributed by atoms with Gasteiger partial charge in [0.2, 0.25) is 0 Å². The van der Waals surface area contributed by atoms with Crippen LogP contribution >= 0.6 is 11.3 Å². The standard InChI is InChI=1S/C24H22FNO4S/c25-16-2-1-3-17(11-16)30-18-5-7-20-22(12-18)31-21-10-15(4-6-19(21)23(20)29)8-9-24(26,13-27)14-28/h1-7,10-12,27-28H,8-9,13-14,26H2. The van der Waals surface area contributed by atoms with Gasteiger partial charge in [0.25, 0.3) is 0 Å². The summed E-state index contributed by atoms with van der Waals surface area (Å²) < 4.78 is 20.8. The second kappa shape index (κ2) is 8.72. The molecule has 31 heavy (non-hydrogen) atoms. The molecule has 0 radical (unpaired) electrons. The van der Waals surface area contributed by atoms with Gasteiger partial charge >= 0.3 is 0 Å². The van der Waals surface area contributed by atoms with Crippen molar-refractivity contribution < 1.29 is 19.3 Å². The van der Waals surface area contributed by atoms with Crippen molar-refractivity contribution in [2.45, 2.75) is 18.4 Å². The molecule has 4 aromatic rings. The molecule has 0 atom stereocenters. The Kier molecular flexibility index (Phi) is 6.02. The second-order valence-electron chi connectivity index (χ2n) is 7.66. The van der Waals surface area contributed by atoms with E-state index in [4.69, 9.17) is 10.5 Å². The van der Waals surface area contributed by atoms with Crippen molar-refractivity contribution in [1.29, 1.82) is 0 Å². The van der Waals surface area contributed by atoms with Gasteiger partial charge in [-0.2, -0.15) is 0 Å². The summed E-state index contributed by atoms with van der Waals surface area (Å²) >= 11 is 1.47. The van der Waals surface area contributed by atoms with Crippen LogP contribution in [-0.4, -0.2) is 29.0 Å². The van der Waals surface area contributed by atoms with Crippen LogP contribution in [0.15, 0.2) is 65.5 Å². The summed E-state index contributed by atoms with van der Waals surface area (Å²) in [6, 6.07) is 16.7. The van der Waals surface area contributed by atoms with Crippen molar-refractivity contribution in [3.63, 3.8) is 0 Å². The molecule has 4 N–H and O–H groups in total. The maximum atomic E-state index is 13.4. The molecular formula is C24H22FNO4S. The van der Waals surface area contributed by atoms with Crippen molar-refractivity contribution in [2.75, 3.05) is 13.2 Å². The molecule has 160 valence electrons. The molecule has 1 heterocycles. The number of rotatable bonds is 7. The lowest BCUT2D eigenvalue weighted by Gasteiger charge is -2.24. The first-order valence-electron chi connectivity index (χ1n) is 9.84. The van der Waals surface area contributed by atoms with Gasteiger partial charge in [0.15, 0.2) is 5.43 Å². The Labute approximate surface area is 182 Å². The van der Waals surface area contributed by atoms with Crippen LogP contribution in [-0.2, 0) is 6.42 Å². The molecule has 0 fully saturated rings. The van der Waals surface area contributed by atoms with Gasteiger partial charge in [0.05, 0.1) is 18.8 Å². The quantitative estimate of drug-likeness (QED) is 0.379. The lowest BCUT2D eigenvalue weighted by molar-refractivity contribution is 0.115. The maximum Gasteiger partial charge on any atom is 0.195 e. The highest BCUT2D eigenvalue weighted by atomic mass is 32.1. The summed E-state index contributed by atoms with van der Waals surface area (Å²) in [6.45, 7) is -0.605. The number of aliphatic hydroxyl groups excluding tert-OH is 2. The number of ether oxygens (including phenoxy) is 1. The maximum absolute atomic E-state index is 13.4. The number of fused-ring (bicyclic) bond motifs is 2. The van der Waals surface area contributed by atoms with Gasteiger partial charge in [-0.25, -0.2) is 4.39 Å². The van der Waals surface area contributed by atoms with E-state index in [9.17, 15) is 19.4 Å². The Bertz CT molecular complexity index is 1300. The monoisotopic (exact) mass is 439 g/mol. The Morgan fingerprint density at radius 1 is 0.935 bits per heavy atom. The molecule has 3 aromatic carbocycles. The number of halogens is 1. The Balaban J connectivity index is 1.68. The van der Waals surface area contributed by atoms with Crippen LogP contribution in [0.1, 0.15) is 12.0 Å². The molecule has 0 saturated carbocycles. The average Bonchev–Trinajstić information content (AvgIpc) is 2.77. The number of aryl methyl sites for hydroxylation is 1. The predicted molar refractivity (Wildman–Crippen MR) is 121 cm³/mol. The third kappa shape index (κ3) is 4.60. The number of aliphatic hydroxyl groups is 2. The topological polar surface area (TPSA) is 92.8 Å². The molecule has 5 nitrogen and oxygen atoms in total. The van der Waals surface area contributed by atoms with Gasteiger partial charge in [-0.3, -0.25) is 4.79 Å². The van der Waals surface area contributed by atoms with Crippen LogP contribution in [0.3, 0.4) is 0 Å². The zero-order valence-corrected chi connectivity index (χ0v) is 17.5. The summed E-state index contributed by atoms with van der Waals surface area (Å²) in [5.41, 5.74) is 5.83. The predicted octanol–water partition coefficient (Wildman–Crippen LogP) is 3.96. The lowest BCUT2D eigenvalue weighted by atomic mass is 9.94. The van der Waals surface area contributed by atoms with Crippen LogP contribution in [0, 0.1) is 5.82 Å². The van der Waals surface area contributed by atoms with E-state index in [2.05, 4.69) is 0 Å². The van der Waals surface area contributed by atoms with Gasteiger partial charge in [-0.1, -0.05) is 12.1 Å². The molecule has 7 heteroatoms.